The van der Waals surface area contributed by atoms with Gasteiger partial charge in [0.2, 0.25) is 5.91 Å². The number of hydrogen-bond acceptors (Lipinski definition) is 14. The van der Waals surface area contributed by atoms with E-state index in [4.69, 9.17) is 28.0 Å². The first-order valence-electron chi connectivity index (χ1n) is 11.6. The molecule has 19 heteroatoms. The van der Waals surface area contributed by atoms with Crippen molar-refractivity contribution < 1.29 is 24.7 Å². The fourth-order valence-electron chi connectivity index (χ4n) is 4.18. The van der Waals surface area contributed by atoms with Crippen molar-refractivity contribution in [2.75, 3.05) is 11.5 Å². The topological polar surface area (TPSA) is 258 Å². The first-order chi connectivity index (χ1) is 19.5. The number of rotatable bonds is 10. The molecule has 0 aliphatic carbocycles. The first kappa shape index (κ1) is 30.8. The molecule has 0 radical (unpaired) electrons. The van der Waals surface area contributed by atoms with Gasteiger partial charge in [0.25, 0.3) is 5.91 Å². The van der Waals surface area contributed by atoms with Crippen LogP contribution in [-0.2, 0) is 25.9 Å². The van der Waals surface area contributed by atoms with Gasteiger partial charge >= 0.3 is 5.97 Å². The number of β-lactam (4-membered cyclic amide) rings is 1. The van der Waals surface area contributed by atoms with Crippen LogP contribution < -0.4 is 22.5 Å². The number of thiazole rings is 1. The van der Waals surface area contributed by atoms with E-state index < -0.39 is 46.2 Å². The van der Waals surface area contributed by atoms with Crippen LogP contribution in [0.3, 0.4) is 0 Å². The van der Waals surface area contributed by atoms with Crippen molar-refractivity contribution in [3.8, 4) is 0 Å². The minimum Gasteiger partial charge on any atom is -0.480 e. The number of oxime groups is 1. The standard InChI is InChI=1S/C22H25N9O5S5/c23-20(24)38-4-8-1-2-11(9(3-8)5-39-21(25)26)41-12-7-37-18-14(17(33)31(18)15(12)19(34)35)29-16(32)13(30-36)10-6-40-22(27)28-10/h1-3,6,12,14-15,18,36H,4-5,7H2,(H3,23,24)(H3,25,26)(H2,27,28)(H,29,32)(H,34,35)/b30-13-/t12?,14-,15?,18-/m1/s1. The van der Waals surface area contributed by atoms with Gasteiger partial charge in [0.1, 0.15) is 23.2 Å². The van der Waals surface area contributed by atoms with Crippen LogP contribution in [0.1, 0.15) is 16.8 Å². The molecule has 1 aromatic heterocycles. The maximum atomic E-state index is 13.1. The van der Waals surface area contributed by atoms with Gasteiger partial charge in [-0.15, -0.1) is 34.9 Å². The van der Waals surface area contributed by atoms with E-state index in [1.165, 1.54) is 45.6 Å². The average molecular weight is 656 g/mol. The van der Waals surface area contributed by atoms with Crippen molar-refractivity contribution in [2.24, 2.45) is 16.6 Å². The van der Waals surface area contributed by atoms with Gasteiger partial charge in [-0.25, -0.2) is 9.78 Å². The average Bonchev–Trinajstić information content (AvgIpc) is 3.35. The molecule has 11 N–H and O–H groups in total. The number of carboxylic acid groups (broad SMARTS) is 1. The highest BCUT2D eigenvalue weighted by molar-refractivity contribution is 8.13. The van der Waals surface area contributed by atoms with Crippen LogP contribution in [0.25, 0.3) is 0 Å². The molecule has 0 spiro atoms. The molecule has 0 saturated carbocycles. The number of carbonyl (C=O) groups excluding carboxylic acids is 2. The van der Waals surface area contributed by atoms with Crippen LogP contribution in [0.5, 0.6) is 0 Å². The lowest BCUT2D eigenvalue weighted by atomic mass is 10.0. The summed E-state index contributed by atoms with van der Waals surface area (Å²) < 4.78 is 0. The molecular formula is C22H25N9O5S5. The fourth-order valence-corrected chi connectivity index (χ4v) is 8.85. The maximum absolute atomic E-state index is 13.1. The van der Waals surface area contributed by atoms with Crippen LogP contribution in [0, 0.1) is 10.8 Å². The molecule has 4 rings (SSSR count). The zero-order valence-corrected chi connectivity index (χ0v) is 25.1. The number of hydrogen-bond donors (Lipinski definition) is 8. The van der Waals surface area contributed by atoms with E-state index >= 15 is 0 Å². The van der Waals surface area contributed by atoms with Crippen LogP contribution in [-0.4, -0.2) is 82.5 Å². The quantitative estimate of drug-likeness (QED) is 0.0588. The number of amides is 2. The lowest BCUT2D eigenvalue weighted by molar-refractivity contribution is -0.161. The number of nitrogens with zero attached hydrogens (tertiary/aromatic N) is 3. The number of thioether (sulfide) groups is 4. The third-order valence-electron chi connectivity index (χ3n) is 5.96. The van der Waals surface area contributed by atoms with E-state index in [0.29, 0.717) is 17.3 Å². The van der Waals surface area contributed by atoms with Crippen LogP contribution in [0.15, 0.2) is 33.6 Å². The van der Waals surface area contributed by atoms with E-state index in [1.807, 2.05) is 18.2 Å². The molecule has 2 aromatic rings. The minimum atomic E-state index is -1.17. The van der Waals surface area contributed by atoms with E-state index in [2.05, 4.69) is 15.5 Å². The Morgan fingerprint density at radius 3 is 2.54 bits per heavy atom. The summed E-state index contributed by atoms with van der Waals surface area (Å²) >= 11 is 6.03. The summed E-state index contributed by atoms with van der Waals surface area (Å²) in [6.07, 6.45) is 0. The zero-order chi connectivity index (χ0) is 29.8. The molecule has 2 fully saturated rings. The number of nitrogen functional groups attached to an aromatic ring is 1. The van der Waals surface area contributed by atoms with Gasteiger partial charge in [-0.3, -0.25) is 20.4 Å². The van der Waals surface area contributed by atoms with Crippen molar-refractivity contribution in [3.63, 3.8) is 0 Å². The Balaban J connectivity index is 1.49. The highest BCUT2D eigenvalue weighted by Crippen LogP contribution is 2.44. The van der Waals surface area contributed by atoms with Gasteiger partial charge in [0.15, 0.2) is 21.2 Å². The predicted molar refractivity (Wildman–Crippen MR) is 164 cm³/mol. The van der Waals surface area contributed by atoms with Gasteiger partial charge in [0.05, 0.1) is 0 Å². The fraction of sp³-hybridized carbons (Fsp3) is 0.318. The highest BCUT2D eigenvalue weighted by Gasteiger charge is 2.58. The number of anilines is 1. The van der Waals surface area contributed by atoms with Gasteiger partial charge in [-0.1, -0.05) is 40.8 Å². The number of nitrogens with one attached hydrogen (secondary N) is 3. The van der Waals surface area contributed by atoms with Crippen LogP contribution in [0.4, 0.5) is 5.13 Å². The van der Waals surface area contributed by atoms with Crippen LogP contribution >= 0.6 is 58.4 Å². The number of carboxylic acids is 1. The maximum Gasteiger partial charge on any atom is 0.327 e. The Hall–Kier alpha value is -3.13. The Morgan fingerprint density at radius 1 is 1.22 bits per heavy atom. The Bertz CT molecular complexity index is 1420. The number of aromatic nitrogens is 1. The molecule has 2 amide bonds. The Kier molecular flexibility index (Phi) is 9.95. The lowest BCUT2D eigenvalue weighted by Gasteiger charge is -2.54. The molecule has 1 aromatic carbocycles. The Morgan fingerprint density at radius 2 is 1.93 bits per heavy atom. The summed E-state index contributed by atoms with van der Waals surface area (Å²) in [7, 11) is 0. The number of benzene rings is 1. The summed E-state index contributed by atoms with van der Waals surface area (Å²) in [5.74, 6) is -1.34. The summed E-state index contributed by atoms with van der Waals surface area (Å²) in [5, 5.41) is 40.4. The summed E-state index contributed by atoms with van der Waals surface area (Å²) in [5.41, 5.74) is 18.0. The monoisotopic (exact) mass is 655 g/mol. The zero-order valence-electron chi connectivity index (χ0n) is 21.0. The second-order valence-corrected chi connectivity index (χ2v) is 14.0. The number of carbonyl (C=O) groups is 3. The molecule has 0 bridgehead atoms. The summed E-state index contributed by atoms with van der Waals surface area (Å²) in [4.78, 5) is 44.3. The highest BCUT2D eigenvalue weighted by atomic mass is 32.2. The van der Waals surface area contributed by atoms with Crippen molar-refractivity contribution in [3.05, 3.63) is 40.4 Å². The number of fused-ring (bicyclic) bond motifs is 1. The van der Waals surface area contributed by atoms with Crippen molar-refractivity contribution >= 4 is 97.3 Å². The summed E-state index contributed by atoms with van der Waals surface area (Å²) in [6, 6.07) is 3.48. The van der Waals surface area contributed by atoms with Gasteiger partial charge in [-0.05, 0) is 17.2 Å². The van der Waals surface area contributed by atoms with E-state index in [1.54, 1.807) is 0 Å². The number of aliphatic carboxylic acids is 1. The van der Waals surface area contributed by atoms with Crippen LogP contribution in [0.2, 0.25) is 0 Å². The van der Waals surface area contributed by atoms with E-state index in [0.717, 1.165) is 39.1 Å². The van der Waals surface area contributed by atoms with Crippen molar-refractivity contribution in [1.29, 1.82) is 10.8 Å². The molecular weight excluding hydrogens is 631 g/mol. The number of amidine groups is 2. The van der Waals surface area contributed by atoms with E-state index in [9.17, 15) is 24.7 Å². The van der Waals surface area contributed by atoms with E-state index in [-0.39, 0.29) is 21.2 Å². The summed E-state index contributed by atoms with van der Waals surface area (Å²) in [6.45, 7) is 0. The number of nitrogens with two attached hydrogens (primary N) is 3. The molecule has 41 heavy (non-hydrogen) atoms. The molecule has 14 nitrogen and oxygen atoms in total. The molecule has 4 atom stereocenters. The third-order valence-corrected chi connectivity index (χ3v) is 11.2. The molecule has 2 aliphatic rings. The molecule has 2 saturated heterocycles. The van der Waals surface area contributed by atoms with Crippen molar-refractivity contribution in [1.82, 2.24) is 15.2 Å². The van der Waals surface area contributed by atoms with Gasteiger partial charge in [0, 0.05) is 32.8 Å². The SMILES string of the molecule is N=C(N)SCc1ccc(SC2CS[C@@H]3[C@H](NC(=O)/C(=N\O)c4csc(N)n4)C(=O)N3C2C(=O)O)c(CSC(=N)N)c1. The van der Waals surface area contributed by atoms with Gasteiger partial charge < -0.3 is 37.7 Å². The van der Waals surface area contributed by atoms with Crippen molar-refractivity contribution in [2.45, 2.75) is 39.1 Å². The smallest absolute Gasteiger partial charge is 0.327 e. The lowest BCUT2D eigenvalue weighted by Crippen LogP contribution is -2.76. The second-order valence-electron chi connectivity index (χ2n) is 8.63. The molecule has 2 aliphatic heterocycles. The minimum absolute atomic E-state index is 0.0115. The molecule has 3 heterocycles. The first-order valence-corrected chi connectivity index (χ1v) is 16.4. The molecule has 218 valence electrons. The second kappa shape index (κ2) is 13.2. The third kappa shape index (κ3) is 7.03. The Labute approximate surface area is 254 Å². The molecule has 2 unspecified atom stereocenters. The normalized spacial score (nSPS) is 22.0. The predicted octanol–water partition coefficient (Wildman–Crippen LogP) is 1.17. The largest absolute Gasteiger partial charge is 0.480 e. The van der Waals surface area contributed by atoms with Gasteiger partial charge in [-0.2, -0.15) is 0 Å².